The zero-order chi connectivity index (χ0) is 19.1. The van der Waals surface area contributed by atoms with Gasteiger partial charge in [0.1, 0.15) is 5.69 Å². The number of para-hydroxylation sites is 1. The van der Waals surface area contributed by atoms with Crippen molar-refractivity contribution in [1.29, 1.82) is 0 Å². The fraction of sp³-hybridized carbons (Fsp3) is 0.227. The summed E-state index contributed by atoms with van der Waals surface area (Å²) in [4.78, 5) is 20.6. The van der Waals surface area contributed by atoms with E-state index in [1.165, 1.54) is 11.1 Å². The molecule has 3 aromatic rings. The number of hydrogen-bond donors (Lipinski definition) is 2. The van der Waals surface area contributed by atoms with Crippen molar-refractivity contribution >= 4 is 17.3 Å². The van der Waals surface area contributed by atoms with Crippen LogP contribution in [0.5, 0.6) is 0 Å². The van der Waals surface area contributed by atoms with Gasteiger partial charge in [0.15, 0.2) is 0 Å². The average molecular weight is 360 g/mol. The Morgan fingerprint density at radius 1 is 0.963 bits per heavy atom. The Kier molecular flexibility index (Phi) is 6.15. The first-order chi connectivity index (χ1) is 13.2. The zero-order valence-corrected chi connectivity index (χ0v) is 15.7. The predicted molar refractivity (Wildman–Crippen MR) is 108 cm³/mol. The van der Waals surface area contributed by atoms with Crippen LogP contribution in [-0.4, -0.2) is 15.9 Å². The molecule has 1 amide bonds. The van der Waals surface area contributed by atoms with Crippen molar-refractivity contribution in [3.05, 3.63) is 83.4 Å². The molecule has 0 atom stereocenters. The van der Waals surface area contributed by atoms with Gasteiger partial charge in [-0.25, -0.2) is 0 Å². The standard InChI is InChI=1S/C22H24N4O/c1-3-17-6-5-7-18(4-2)21(17)26-19-10-13-24-20(14-19)22(27)25-15-16-8-11-23-12-9-16/h5-14H,3-4,15H2,1-2H3,(H,24,26)(H,25,27). The van der Waals surface area contributed by atoms with Crippen molar-refractivity contribution in [1.82, 2.24) is 15.3 Å². The van der Waals surface area contributed by atoms with Crippen molar-refractivity contribution in [2.45, 2.75) is 33.2 Å². The van der Waals surface area contributed by atoms with Gasteiger partial charge in [0, 0.05) is 36.5 Å². The molecule has 5 heteroatoms. The Labute approximate surface area is 159 Å². The normalized spacial score (nSPS) is 10.4. The van der Waals surface area contributed by atoms with Crippen molar-refractivity contribution in [3.8, 4) is 0 Å². The van der Waals surface area contributed by atoms with Crippen LogP contribution >= 0.6 is 0 Å². The van der Waals surface area contributed by atoms with Gasteiger partial charge in [-0.05, 0) is 53.8 Å². The van der Waals surface area contributed by atoms with Crippen LogP contribution in [-0.2, 0) is 19.4 Å². The van der Waals surface area contributed by atoms with Crippen LogP contribution < -0.4 is 10.6 Å². The molecule has 0 unspecified atom stereocenters. The lowest BCUT2D eigenvalue weighted by molar-refractivity contribution is 0.0946. The minimum Gasteiger partial charge on any atom is -0.355 e. The van der Waals surface area contributed by atoms with Crippen molar-refractivity contribution in [2.75, 3.05) is 5.32 Å². The molecule has 138 valence electrons. The summed E-state index contributed by atoms with van der Waals surface area (Å²) in [7, 11) is 0. The molecule has 0 aliphatic carbocycles. The Balaban J connectivity index is 1.75. The van der Waals surface area contributed by atoms with Gasteiger partial charge in [0.2, 0.25) is 0 Å². The number of carbonyl (C=O) groups excluding carboxylic acids is 1. The molecule has 0 fully saturated rings. The van der Waals surface area contributed by atoms with E-state index in [1.54, 1.807) is 24.7 Å². The van der Waals surface area contributed by atoms with E-state index < -0.39 is 0 Å². The third-order valence-corrected chi connectivity index (χ3v) is 4.46. The van der Waals surface area contributed by atoms with Crippen molar-refractivity contribution in [3.63, 3.8) is 0 Å². The first-order valence-corrected chi connectivity index (χ1v) is 9.22. The molecule has 1 aromatic carbocycles. The Bertz CT molecular complexity index is 887. The molecule has 5 nitrogen and oxygen atoms in total. The second-order valence-electron chi connectivity index (χ2n) is 6.25. The predicted octanol–water partition coefficient (Wildman–Crippen LogP) is 4.28. The number of pyridine rings is 2. The summed E-state index contributed by atoms with van der Waals surface area (Å²) in [6.07, 6.45) is 6.96. The van der Waals surface area contributed by atoms with Crippen LogP contribution in [0.1, 0.15) is 41.0 Å². The van der Waals surface area contributed by atoms with Crippen LogP contribution in [0.2, 0.25) is 0 Å². The highest BCUT2D eigenvalue weighted by Crippen LogP contribution is 2.26. The second-order valence-corrected chi connectivity index (χ2v) is 6.25. The molecule has 0 aliphatic heterocycles. The molecule has 27 heavy (non-hydrogen) atoms. The van der Waals surface area contributed by atoms with Crippen LogP contribution in [0.25, 0.3) is 0 Å². The summed E-state index contributed by atoms with van der Waals surface area (Å²) in [6, 6.07) is 13.8. The lowest BCUT2D eigenvalue weighted by Gasteiger charge is -2.16. The van der Waals surface area contributed by atoms with E-state index in [-0.39, 0.29) is 5.91 Å². The Morgan fingerprint density at radius 3 is 2.33 bits per heavy atom. The first-order valence-electron chi connectivity index (χ1n) is 9.22. The molecular weight excluding hydrogens is 336 g/mol. The molecule has 2 aromatic heterocycles. The largest absolute Gasteiger partial charge is 0.355 e. The first kappa shape index (κ1) is 18.6. The lowest BCUT2D eigenvalue weighted by Crippen LogP contribution is -2.23. The van der Waals surface area contributed by atoms with E-state index in [1.807, 2.05) is 18.2 Å². The number of amides is 1. The van der Waals surface area contributed by atoms with E-state index >= 15 is 0 Å². The van der Waals surface area contributed by atoms with Gasteiger partial charge in [0.25, 0.3) is 5.91 Å². The van der Waals surface area contributed by atoms with E-state index in [9.17, 15) is 4.79 Å². The topological polar surface area (TPSA) is 66.9 Å². The molecular formula is C22H24N4O. The number of rotatable bonds is 7. The maximum atomic E-state index is 12.5. The third kappa shape index (κ3) is 4.70. The minimum atomic E-state index is -0.199. The minimum absolute atomic E-state index is 0.199. The summed E-state index contributed by atoms with van der Waals surface area (Å²) < 4.78 is 0. The number of nitrogens with one attached hydrogen (secondary N) is 2. The third-order valence-electron chi connectivity index (χ3n) is 4.46. The molecule has 0 spiro atoms. The number of hydrogen-bond acceptors (Lipinski definition) is 4. The monoisotopic (exact) mass is 360 g/mol. The number of aryl methyl sites for hydroxylation is 2. The van der Waals surface area contributed by atoms with Gasteiger partial charge >= 0.3 is 0 Å². The van der Waals surface area contributed by atoms with E-state index in [0.29, 0.717) is 12.2 Å². The molecule has 0 saturated heterocycles. The van der Waals surface area contributed by atoms with Gasteiger partial charge in [-0.2, -0.15) is 0 Å². The zero-order valence-electron chi connectivity index (χ0n) is 15.7. The van der Waals surface area contributed by atoms with Gasteiger partial charge in [-0.3, -0.25) is 14.8 Å². The van der Waals surface area contributed by atoms with E-state index in [2.05, 4.69) is 52.6 Å². The summed E-state index contributed by atoms with van der Waals surface area (Å²) in [5.74, 6) is -0.199. The summed E-state index contributed by atoms with van der Waals surface area (Å²) in [5, 5.41) is 6.38. The second kappa shape index (κ2) is 8.94. The molecule has 0 radical (unpaired) electrons. The van der Waals surface area contributed by atoms with Crippen LogP contribution in [0.3, 0.4) is 0 Å². The van der Waals surface area contributed by atoms with E-state index in [0.717, 1.165) is 29.8 Å². The molecule has 0 aliphatic rings. The average Bonchev–Trinajstić information content (AvgIpc) is 2.73. The van der Waals surface area contributed by atoms with Crippen molar-refractivity contribution in [2.24, 2.45) is 0 Å². The molecule has 3 rings (SSSR count). The quantitative estimate of drug-likeness (QED) is 0.660. The maximum absolute atomic E-state index is 12.5. The van der Waals surface area contributed by atoms with Gasteiger partial charge < -0.3 is 10.6 Å². The number of nitrogens with zero attached hydrogens (tertiary/aromatic N) is 2. The highest BCUT2D eigenvalue weighted by molar-refractivity contribution is 5.93. The summed E-state index contributed by atoms with van der Waals surface area (Å²) >= 11 is 0. The van der Waals surface area contributed by atoms with E-state index in [4.69, 9.17) is 0 Å². The number of anilines is 2. The number of aromatic nitrogens is 2. The van der Waals surface area contributed by atoms with Crippen LogP contribution in [0, 0.1) is 0 Å². The summed E-state index contributed by atoms with van der Waals surface area (Å²) in [6.45, 7) is 4.73. The fourth-order valence-electron chi connectivity index (χ4n) is 2.95. The molecule has 0 saturated carbocycles. The molecule has 2 heterocycles. The number of carbonyl (C=O) groups is 1. The summed E-state index contributed by atoms with van der Waals surface area (Å²) in [5.41, 5.74) is 5.88. The maximum Gasteiger partial charge on any atom is 0.270 e. The molecule has 0 bridgehead atoms. The number of benzene rings is 1. The Hall–Kier alpha value is -3.21. The van der Waals surface area contributed by atoms with Gasteiger partial charge in [0.05, 0.1) is 0 Å². The Morgan fingerprint density at radius 2 is 1.67 bits per heavy atom. The molecule has 2 N–H and O–H groups in total. The van der Waals surface area contributed by atoms with Crippen LogP contribution in [0.15, 0.2) is 61.1 Å². The van der Waals surface area contributed by atoms with Gasteiger partial charge in [-0.15, -0.1) is 0 Å². The van der Waals surface area contributed by atoms with Crippen LogP contribution in [0.4, 0.5) is 11.4 Å². The van der Waals surface area contributed by atoms with Crippen molar-refractivity contribution < 1.29 is 4.79 Å². The smallest absolute Gasteiger partial charge is 0.270 e. The van der Waals surface area contributed by atoms with Gasteiger partial charge in [-0.1, -0.05) is 32.0 Å². The fourth-order valence-corrected chi connectivity index (χ4v) is 2.95. The lowest BCUT2D eigenvalue weighted by atomic mass is 10.0. The SMILES string of the molecule is CCc1cccc(CC)c1Nc1ccnc(C(=O)NCc2ccncc2)c1. The highest BCUT2D eigenvalue weighted by atomic mass is 16.1. The highest BCUT2D eigenvalue weighted by Gasteiger charge is 2.10.